The van der Waals surface area contributed by atoms with E-state index in [1.54, 1.807) is 12.3 Å². The van der Waals surface area contributed by atoms with Crippen molar-refractivity contribution in [3.05, 3.63) is 30.0 Å². The second-order valence-corrected chi connectivity index (χ2v) is 7.18. The van der Waals surface area contributed by atoms with Gasteiger partial charge in [0.05, 0.1) is 18.3 Å². The molecule has 2 aromatic rings. The number of nitrogens with two attached hydrogens (primary N) is 1. The fourth-order valence-electron chi connectivity index (χ4n) is 3.80. The molecule has 2 fully saturated rings. The van der Waals surface area contributed by atoms with Gasteiger partial charge >= 0.3 is 0 Å². The van der Waals surface area contributed by atoms with Gasteiger partial charge in [-0.2, -0.15) is 0 Å². The zero-order valence-electron chi connectivity index (χ0n) is 14.5. The Bertz CT molecular complexity index is 811. The minimum atomic E-state index is -0.505. The highest BCUT2D eigenvalue weighted by Gasteiger charge is 2.53. The Morgan fingerprint density at radius 1 is 1.36 bits per heavy atom. The molecule has 0 bridgehead atoms. The second-order valence-electron chi connectivity index (χ2n) is 7.18. The zero-order chi connectivity index (χ0) is 17.6. The van der Waals surface area contributed by atoms with Crippen molar-refractivity contribution in [3.63, 3.8) is 0 Å². The van der Waals surface area contributed by atoms with Crippen LogP contribution in [0.25, 0.3) is 10.8 Å². The molecule has 1 aromatic carbocycles. The molecule has 1 aromatic heterocycles. The van der Waals surface area contributed by atoms with Crippen LogP contribution in [0.15, 0.2) is 24.4 Å². The van der Waals surface area contributed by atoms with Crippen LogP contribution in [-0.4, -0.2) is 36.7 Å². The number of fused-ring (bicyclic) bond motifs is 2. The zero-order valence-corrected chi connectivity index (χ0v) is 14.5. The molecule has 2 heterocycles. The predicted octanol–water partition coefficient (Wildman–Crippen LogP) is 1.97. The number of amides is 1. The quantitative estimate of drug-likeness (QED) is 0.839. The third-order valence-electron chi connectivity index (χ3n) is 5.14. The lowest BCUT2D eigenvalue weighted by Gasteiger charge is -2.15. The SMILES string of the molecule is CC(C)Oc1cc2c(OCC3[C@H]4CNC[C@@H]34)nccc2cc1C(N)=O. The Morgan fingerprint density at radius 3 is 2.80 bits per heavy atom. The van der Waals surface area contributed by atoms with Crippen LogP contribution in [0.4, 0.5) is 0 Å². The molecule has 132 valence electrons. The Kier molecular flexibility index (Phi) is 4.00. The fourth-order valence-corrected chi connectivity index (χ4v) is 3.80. The third-order valence-corrected chi connectivity index (χ3v) is 5.14. The van der Waals surface area contributed by atoms with E-state index >= 15 is 0 Å². The second kappa shape index (κ2) is 6.19. The number of carbonyl (C=O) groups excluding carboxylic acids is 1. The number of ether oxygens (including phenoxy) is 2. The maximum Gasteiger partial charge on any atom is 0.252 e. The van der Waals surface area contributed by atoms with Gasteiger partial charge < -0.3 is 20.5 Å². The molecular weight excluding hydrogens is 318 g/mol. The van der Waals surface area contributed by atoms with Crippen LogP contribution in [0.3, 0.4) is 0 Å². The van der Waals surface area contributed by atoms with E-state index in [2.05, 4.69) is 10.3 Å². The van der Waals surface area contributed by atoms with Crippen molar-refractivity contribution in [2.24, 2.45) is 23.5 Å². The molecule has 6 nitrogen and oxygen atoms in total. The summed E-state index contributed by atoms with van der Waals surface area (Å²) in [6.45, 7) is 6.69. The van der Waals surface area contributed by atoms with E-state index in [9.17, 15) is 4.79 Å². The Hall–Kier alpha value is -2.34. The largest absolute Gasteiger partial charge is 0.490 e. The summed E-state index contributed by atoms with van der Waals surface area (Å²) in [5, 5.41) is 5.10. The lowest BCUT2D eigenvalue weighted by atomic mass is 10.1. The van der Waals surface area contributed by atoms with Crippen molar-refractivity contribution in [2.45, 2.75) is 20.0 Å². The fraction of sp³-hybridized carbons (Fsp3) is 0.474. The normalized spacial score (nSPS) is 24.4. The number of nitrogens with zero attached hydrogens (tertiary/aromatic N) is 1. The van der Waals surface area contributed by atoms with Gasteiger partial charge in [-0.3, -0.25) is 4.79 Å². The van der Waals surface area contributed by atoms with Gasteiger partial charge in [0.2, 0.25) is 5.88 Å². The number of benzene rings is 1. The van der Waals surface area contributed by atoms with E-state index in [-0.39, 0.29) is 6.10 Å². The van der Waals surface area contributed by atoms with Gasteiger partial charge in [-0.05, 0) is 62.4 Å². The molecule has 0 radical (unpaired) electrons. The van der Waals surface area contributed by atoms with Crippen molar-refractivity contribution >= 4 is 16.7 Å². The van der Waals surface area contributed by atoms with Gasteiger partial charge in [0, 0.05) is 17.5 Å². The van der Waals surface area contributed by atoms with E-state index in [1.165, 1.54) is 0 Å². The number of hydrogen-bond donors (Lipinski definition) is 2. The number of nitrogens with one attached hydrogen (secondary N) is 1. The van der Waals surface area contributed by atoms with Crippen LogP contribution in [0.5, 0.6) is 11.6 Å². The summed E-state index contributed by atoms with van der Waals surface area (Å²) in [6.07, 6.45) is 1.63. The highest BCUT2D eigenvalue weighted by atomic mass is 16.5. The number of primary amides is 1. The summed E-state index contributed by atoms with van der Waals surface area (Å²) in [5.41, 5.74) is 5.88. The van der Waals surface area contributed by atoms with Crippen molar-refractivity contribution in [1.82, 2.24) is 10.3 Å². The number of pyridine rings is 1. The lowest BCUT2D eigenvalue weighted by Crippen LogP contribution is -2.18. The third kappa shape index (κ3) is 3.02. The molecule has 1 aliphatic carbocycles. The molecule has 25 heavy (non-hydrogen) atoms. The van der Waals surface area contributed by atoms with Crippen molar-refractivity contribution in [3.8, 4) is 11.6 Å². The van der Waals surface area contributed by atoms with Crippen molar-refractivity contribution in [1.29, 1.82) is 0 Å². The van der Waals surface area contributed by atoms with Crippen molar-refractivity contribution < 1.29 is 14.3 Å². The average Bonchev–Trinajstić information content (AvgIpc) is 2.99. The Morgan fingerprint density at radius 2 is 2.12 bits per heavy atom. The molecule has 1 aliphatic heterocycles. The molecule has 1 saturated carbocycles. The standard InChI is InChI=1S/C19H23N3O3/c1-10(2)25-17-6-12-11(5-13(17)18(20)23)3-4-22-19(12)24-9-16-14-7-21-8-15(14)16/h3-6,10,14-16,21H,7-9H2,1-2H3,(H2,20,23)/t14-,15+,16?. The van der Waals surface area contributed by atoms with Crippen LogP contribution in [0, 0.1) is 17.8 Å². The number of rotatable bonds is 6. The average molecular weight is 341 g/mol. The first-order valence-corrected chi connectivity index (χ1v) is 8.77. The van der Waals surface area contributed by atoms with E-state index < -0.39 is 5.91 Å². The minimum absolute atomic E-state index is 0.0603. The van der Waals surface area contributed by atoms with Crippen LogP contribution in [-0.2, 0) is 0 Å². The molecule has 4 rings (SSSR count). The molecule has 3 N–H and O–H groups in total. The smallest absolute Gasteiger partial charge is 0.252 e. The first-order chi connectivity index (χ1) is 12.0. The molecule has 0 spiro atoms. The van der Waals surface area contributed by atoms with Gasteiger partial charge in [-0.25, -0.2) is 4.98 Å². The topological polar surface area (TPSA) is 86.5 Å². The molecule has 6 heteroatoms. The Balaban J connectivity index is 1.63. The highest BCUT2D eigenvalue weighted by molar-refractivity contribution is 6.01. The molecule has 1 saturated heterocycles. The summed E-state index contributed by atoms with van der Waals surface area (Å²) in [7, 11) is 0. The first-order valence-electron chi connectivity index (χ1n) is 8.77. The summed E-state index contributed by atoms with van der Waals surface area (Å²) in [6, 6.07) is 5.41. The summed E-state index contributed by atoms with van der Waals surface area (Å²) in [5.74, 6) is 2.66. The van der Waals surface area contributed by atoms with Gasteiger partial charge in [0.25, 0.3) is 5.91 Å². The van der Waals surface area contributed by atoms with E-state index in [4.69, 9.17) is 15.2 Å². The molecule has 1 unspecified atom stereocenters. The summed E-state index contributed by atoms with van der Waals surface area (Å²) in [4.78, 5) is 16.1. The molecular formula is C19H23N3O3. The van der Waals surface area contributed by atoms with Crippen LogP contribution >= 0.6 is 0 Å². The van der Waals surface area contributed by atoms with Gasteiger partial charge in [0.1, 0.15) is 5.75 Å². The number of aromatic nitrogens is 1. The van der Waals surface area contributed by atoms with Crippen molar-refractivity contribution in [2.75, 3.05) is 19.7 Å². The number of carbonyl (C=O) groups is 1. The lowest BCUT2D eigenvalue weighted by molar-refractivity contribution is 0.0994. The van der Waals surface area contributed by atoms with Gasteiger partial charge in [0.15, 0.2) is 0 Å². The first kappa shape index (κ1) is 16.1. The predicted molar refractivity (Wildman–Crippen MR) is 94.9 cm³/mol. The Labute approximate surface area is 146 Å². The summed E-state index contributed by atoms with van der Waals surface area (Å²) >= 11 is 0. The van der Waals surface area contributed by atoms with E-state index in [0.717, 1.165) is 35.7 Å². The van der Waals surface area contributed by atoms with Crippen LogP contribution < -0.4 is 20.5 Å². The van der Waals surface area contributed by atoms with Crippen LogP contribution in [0.1, 0.15) is 24.2 Å². The molecule has 2 aliphatic rings. The molecule has 3 atom stereocenters. The van der Waals surface area contributed by atoms with E-state index in [0.29, 0.717) is 29.7 Å². The van der Waals surface area contributed by atoms with Gasteiger partial charge in [-0.15, -0.1) is 0 Å². The van der Waals surface area contributed by atoms with Gasteiger partial charge in [-0.1, -0.05) is 0 Å². The highest BCUT2D eigenvalue weighted by Crippen LogP contribution is 2.48. The summed E-state index contributed by atoms with van der Waals surface area (Å²) < 4.78 is 11.8. The van der Waals surface area contributed by atoms with E-state index in [1.807, 2.05) is 26.0 Å². The molecule has 1 amide bonds. The van der Waals surface area contributed by atoms with Crippen LogP contribution in [0.2, 0.25) is 0 Å². The maximum absolute atomic E-state index is 11.8. The minimum Gasteiger partial charge on any atom is -0.490 e. The maximum atomic E-state index is 11.8. The monoisotopic (exact) mass is 341 g/mol. The number of hydrogen-bond acceptors (Lipinski definition) is 5. The number of piperidine rings is 1.